The lowest BCUT2D eigenvalue weighted by molar-refractivity contribution is -0.143. The monoisotopic (exact) mass is 160 g/mol. The molecule has 2 nitrogen and oxygen atoms in total. The minimum atomic E-state index is -0.464. The molecule has 0 saturated heterocycles. The van der Waals surface area contributed by atoms with Gasteiger partial charge in [0.15, 0.2) is 0 Å². The molecule has 0 amide bonds. The van der Waals surface area contributed by atoms with Crippen LogP contribution in [0.4, 0.5) is 0 Å². The van der Waals surface area contributed by atoms with Crippen molar-refractivity contribution in [3.63, 3.8) is 0 Å². The summed E-state index contributed by atoms with van der Waals surface area (Å²) < 4.78 is 4.16. The van der Waals surface area contributed by atoms with Crippen molar-refractivity contribution in [3.05, 3.63) is 0 Å². The summed E-state index contributed by atoms with van der Waals surface area (Å²) in [6.07, 6.45) is 3.92. The Labute approximate surface area is 66.4 Å². The lowest BCUT2D eigenvalue weighted by Gasteiger charge is -2.17. The molecule has 58 valence electrons. The summed E-state index contributed by atoms with van der Waals surface area (Å²) >= 11 is 4.28. The Morgan fingerprint density at radius 2 is 2.00 bits per heavy atom. The van der Waals surface area contributed by atoms with E-state index in [0.29, 0.717) is 0 Å². The van der Waals surface area contributed by atoms with Crippen molar-refractivity contribution in [3.8, 4) is 0 Å². The summed E-state index contributed by atoms with van der Waals surface area (Å²) in [6, 6.07) is 0. The molecule has 0 N–H and O–H groups in total. The van der Waals surface area contributed by atoms with E-state index in [9.17, 15) is 4.79 Å². The van der Waals surface area contributed by atoms with Crippen LogP contribution in [0.2, 0.25) is 0 Å². The number of ether oxygens (including phenoxy) is 1. The standard InChI is InChI=1S/C7H12O2S/c1-9-6(8)7(10)4-2-3-5-7/h10H,2-5H2,1H3. The van der Waals surface area contributed by atoms with Gasteiger partial charge in [-0.15, -0.1) is 0 Å². The normalized spacial score (nSPS) is 22.6. The van der Waals surface area contributed by atoms with Crippen LogP contribution in [0.5, 0.6) is 0 Å². The van der Waals surface area contributed by atoms with Crippen LogP contribution >= 0.6 is 12.6 Å². The lowest BCUT2D eigenvalue weighted by atomic mass is 10.1. The Balaban J connectivity index is 2.58. The SMILES string of the molecule is COC(=O)C1(S)CCCC1. The zero-order valence-electron chi connectivity index (χ0n) is 6.09. The summed E-state index contributed by atoms with van der Waals surface area (Å²) in [5.74, 6) is -0.173. The molecule has 0 spiro atoms. The average molecular weight is 160 g/mol. The molecule has 10 heavy (non-hydrogen) atoms. The van der Waals surface area contributed by atoms with E-state index < -0.39 is 4.75 Å². The van der Waals surface area contributed by atoms with Gasteiger partial charge in [-0.2, -0.15) is 12.6 Å². The Morgan fingerprint density at radius 3 is 2.40 bits per heavy atom. The molecule has 0 radical (unpaired) electrons. The Kier molecular flexibility index (Phi) is 2.24. The van der Waals surface area contributed by atoms with E-state index in [1.54, 1.807) is 0 Å². The molecule has 1 rings (SSSR count). The van der Waals surface area contributed by atoms with E-state index in [1.165, 1.54) is 7.11 Å². The van der Waals surface area contributed by atoms with Crippen molar-refractivity contribution < 1.29 is 9.53 Å². The minimum Gasteiger partial charge on any atom is -0.468 e. The summed E-state index contributed by atoms with van der Waals surface area (Å²) in [6.45, 7) is 0. The van der Waals surface area contributed by atoms with Crippen LogP contribution < -0.4 is 0 Å². The van der Waals surface area contributed by atoms with Gasteiger partial charge in [-0.05, 0) is 12.8 Å². The number of carbonyl (C=O) groups is 1. The Bertz CT molecular complexity index is 139. The highest BCUT2D eigenvalue weighted by Gasteiger charge is 2.38. The zero-order valence-corrected chi connectivity index (χ0v) is 6.99. The van der Waals surface area contributed by atoms with Gasteiger partial charge in [0.25, 0.3) is 0 Å². The fourth-order valence-corrected chi connectivity index (χ4v) is 1.76. The van der Waals surface area contributed by atoms with Gasteiger partial charge < -0.3 is 4.74 Å². The van der Waals surface area contributed by atoms with Crippen LogP contribution in [-0.2, 0) is 9.53 Å². The predicted molar refractivity (Wildman–Crippen MR) is 42.2 cm³/mol. The molecule has 0 aromatic heterocycles. The number of hydrogen-bond donors (Lipinski definition) is 1. The van der Waals surface area contributed by atoms with Crippen LogP contribution in [0, 0.1) is 0 Å². The third-order valence-corrected chi connectivity index (χ3v) is 2.63. The highest BCUT2D eigenvalue weighted by atomic mass is 32.1. The van der Waals surface area contributed by atoms with Gasteiger partial charge in [-0.25, -0.2) is 0 Å². The van der Waals surface area contributed by atoms with Gasteiger partial charge >= 0.3 is 5.97 Å². The average Bonchev–Trinajstić information content (AvgIpc) is 2.36. The Hall–Kier alpha value is -0.180. The second-order valence-electron chi connectivity index (χ2n) is 2.73. The van der Waals surface area contributed by atoms with Crippen LogP contribution in [-0.4, -0.2) is 17.8 Å². The fraction of sp³-hybridized carbons (Fsp3) is 0.857. The minimum absolute atomic E-state index is 0.173. The van der Waals surface area contributed by atoms with Crippen LogP contribution in [0.15, 0.2) is 0 Å². The van der Waals surface area contributed by atoms with E-state index >= 15 is 0 Å². The van der Waals surface area contributed by atoms with Gasteiger partial charge in [0, 0.05) is 0 Å². The highest BCUT2D eigenvalue weighted by molar-refractivity contribution is 7.82. The van der Waals surface area contributed by atoms with Gasteiger partial charge in [0.05, 0.1) is 7.11 Å². The molecular weight excluding hydrogens is 148 g/mol. The molecule has 0 unspecified atom stereocenters. The molecule has 0 aliphatic heterocycles. The molecule has 1 aliphatic rings. The molecule has 0 heterocycles. The molecule has 1 saturated carbocycles. The lowest BCUT2D eigenvalue weighted by Crippen LogP contribution is -2.30. The van der Waals surface area contributed by atoms with Crippen LogP contribution in [0.3, 0.4) is 0 Å². The number of carbonyl (C=O) groups excluding carboxylic acids is 1. The number of hydrogen-bond acceptors (Lipinski definition) is 3. The summed E-state index contributed by atoms with van der Waals surface area (Å²) in [5.41, 5.74) is 0. The molecule has 0 atom stereocenters. The molecular formula is C7H12O2S. The van der Waals surface area contributed by atoms with Crippen molar-refractivity contribution in [2.45, 2.75) is 30.4 Å². The predicted octanol–water partition coefficient (Wildman–Crippen LogP) is 1.40. The maximum atomic E-state index is 11.0. The third kappa shape index (κ3) is 1.29. The van der Waals surface area contributed by atoms with E-state index in [4.69, 9.17) is 0 Å². The van der Waals surface area contributed by atoms with Crippen molar-refractivity contribution in [1.82, 2.24) is 0 Å². The first-order valence-corrected chi connectivity index (χ1v) is 3.94. The van der Waals surface area contributed by atoms with Crippen LogP contribution in [0.1, 0.15) is 25.7 Å². The quantitative estimate of drug-likeness (QED) is 0.463. The van der Waals surface area contributed by atoms with Gasteiger partial charge in [-0.1, -0.05) is 12.8 Å². The molecule has 0 aromatic carbocycles. The second-order valence-corrected chi connectivity index (χ2v) is 3.59. The molecule has 1 fully saturated rings. The van der Waals surface area contributed by atoms with E-state index in [-0.39, 0.29) is 5.97 Å². The second kappa shape index (κ2) is 2.82. The van der Waals surface area contributed by atoms with E-state index in [1.807, 2.05) is 0 Å². The topological polar surface area (TPSA) is 26.3 Å². The molecule has 0 aromatic rings. The third-order valence-electron chi connectivity index (χ3n) is 2.00. The number of thiol groups is 1. The fourth-order valence-electron chi connectivity index (χ4n) is 1.35. The zero-order chi connectivity index (χ0) is 7.61. The first-order chi connectivity index (χ1) is 4.69. The van der Waals surface area contributed by atoms with Crippen LogP contribution in [0.25, 0.3) is 0 Å². The van der Waals surface area contributed by atoms with Crippen molar-refractivity contribution >= 4 is 18.6 Å². The number of rotatable bonds is 1. The van der Waals surface area contributed by atoms with Crippen molar-refractivity contribution in [1.29, 1.82) is 0 Å². The molecule has 0 bridgehead atoms. The first kappa shape index (κ1) is 7.92. The smallest absolute Gasteiger partial charge is 0.321 e. The van der Waals surface area contributed by atoms with Crippen molar-refractivity contribution in [2.75, 3.05) is 7.11 Å². The number of methoxy groups -OCH3 is 1. The maximum absolute atomic E-state index is 11.0. The van der Waals surface area contributed by atoms with Gasteiger partial charge in [0.1, 0.15) is 4.75 Å². The van der Waals surface area contributed by atoms with E-state index in [0.717, 1.165) is 25.7 Å². The van der Waals surface area contributed by atoms with Crippen molar-refractivity contribution in [2.24, 2.45) is 0 Å². The molecule has 3 heteroatoms. The highest BCUT2D eigenvalue weighted by Crippen LogP contribution is 2.36. The largest absolute Gasteiger partial charge is 0.468 e. The first-order valence-electron chi connectivity index (χ1n) is 3.50. The summed E-state index contributed by atoms with van der Waals surface area (Å²) in [7, 11) is 1.42. The summed E-state index contributed by atoms with van der Waals surface area (Å²) in [4.78, 5) is 11.0. The van der Waals surface area contributed by atoms with E-state index in [2.05, 4.69) is 17.4 Å². The van der Waals surface area contributed by atoms with Gasteiger partial charge in [-0.3, -0.25) is 4.79 Å². The summed E-state index contributed by atoms with van der Waals surface area (Å²) in [5, 5.41) is 0. The maximum Gasteiger partial charge on any atom is 0.321 e. The molecule has 1 aliphatic carbocycles. The number of esters is 1. The van der Waals surface area contributed by atoms with Gasteiger partial charge in [0.2, 0.25) is 0 Å². The Morgan fingerprint density at radius 1 is 1.50 bits per heavy atom.